The van der Waals surface area contributed by atoms with Crippen LogP contribution in [0.3, 0.4) is 0 Å². The number of halogens is 1. The molecule has 32 heavy (non-hydrogen) atoms. The van der Waals surface area contributed by atoms with Crippen molar-refractivity contribution in [3.05, 3.63) is 48.0 Å². The van der Waals surface area contributed by atoms with Gasteiger partial charge in [0.05, 0.1) is 24.5 Å². The number of hydrogen-bond acceptors (Lipinski definition) is 5. The molecule has 1 saturated carbocycles. The maximum Gasteiger partial charge on any atom is 0.248 e. The zero-order valence-corrected chi connectivity index (χ0v) is 18.5. The number of likely N-dealkylation sites (N-methyl/N-ethyl adjacent to an activating group) is 1. The molecular weight excluding hydrogens is 413 g/mol. The minimum absolute atomic E-state index is 0.0394. The summed E-state index contributed by atoms with van der Waals surface area (Å²) in [5, 5.41) is 7.41. The van der Waals surface area contributed by atoms with Crippen LogP contribution in [0.5, 0.6) is 0 Å². The van der Waals surface area contributed by atoms with Crippen LogP contribution in [0.2, 0.25) is 0 Å². The van der Waals surface area contributed by atoms with Gasteiger partial charge >= 0.3 is 0 Å². The predicted octanol–water partition coefficient (Wildman–Crippen LogP) is 2.29. The van der Waals surface area contributed by atoms with Crippen molar-refractivity contribution in [1.82, 2.24) is 19.6 Å². The molecule has 1 aromatic heterocycles. The maximum atomic E-state index is 13.3. The molecule has 172 valence electrons. The van der Waals surface area contributed by atoms with E-state index in [1.807, 2.05) is 10.9 Å². The highest BCUT2D eigenvalue weighted by atomic mass is 19.1. The molecule has 2 amide bonds. The summed E-state index contributed by atoms with van der Waals surface area (Å²) in [6.07, 6.45) is 6.27. The number of rotatable bonds is 9. The van der Waals surface area contributed by atoms with Crippen molar-refractivity contribution in [2.45, 2.75) is 37.9 Å². The van der Waals surface area contributed by atoms with Crippen molar-refractivity contribution >= 4 is 17.5 Å². The minimum Gasteiger partial charge on any atom is -0.370 e. The highest BCUT2D eigenvalue weighted by Crippen LogP contribution is 2.32. The predicted molar refractivity (Wildman–Crippen MR) is 117 cm³/mol. The van der Waals surface area contributed by atoms with Crippen molar-refractivity contribution in [1.29, 1.82) is 0 Å². The first-order valence-electron chi connectivity index (χ1n) is 11.0. The van der Waals surface area contributed by atoms with Gasteiger partial charge in [0, 0.05) is 45.3 Å². The van der Waals surface area contributed by atoms with Gasteiger partial charge in [-0.15, -0.1) is 0 Å². The van der Waals surface area contributed by atoms with Gasteiger partial charge in [-0.3, -0.25) is 19.2 Å². The number of aromatic nitrogens is 2. The summed E-state index contributed by atoms with van der Waals surface area (Å²) < 4.78 is 20.9. The molecule has 0 spiro atoms. The van der Waals surface area contributed by atoms with Gasteiger partial charge in [-0.25, -0.2) is 4.39 Å². The number of amides is 2. The Labute approximate surface area is 187 Å². The smallest absolute Gasteiger partial charge is 0.248 e. The molecule has 2 aromatic rings. The van der Waals surface area contributed by atoms with E-state index in [0.29, 0.717) is 18.8 Å². The molecule has 8 nitrogen and oxygen atoms in total. The quantitative estimate of drug-likeness (QED) is 0.643. The summed E-state index contributed by atoms with van der Waals surface area (Å²) in [6, 6.07) is 6.71. The van der Waals surface area contributed by atoms with Crippen LogP contribution in [0.4, 0.5) is 10.1 Å². The second kappa shape index (κ2) is 9.79. The van der Waals surface area contributed by atoms with E-state index in [9.17, 15) is 14.0 Å². The largest absolute Gasteiger partial charge is 0.370 e. The Balaban J connectivity index is 1.41. The molecule has 2 fully saturated rings. The average molecular weight is 444 g/mol. The highest BCUT2D eigenvalue weighted by molar-refractivity contribution is 5.93. The fraction of sp³-hybridized carbons (Fsp3) is 0.522. The first-order chi connectivity index (χ1) is 15.4. The monoisotopic (exact) mass is 443 g/mol. The van der Waals surface area contributed by atoms with Crippen LogP contribution in [0.25, 0.3) is 0 Å². The molecule has 0 bridgehead atoms. The number of ether oxygens (including phenoxy) is 1. The topological polar surface area (TPSA) is 79.7 Å². The van der Waals surface area contributed by atoms with E-state index in [1.54, 1.807) is 32.4 Å². The first-order valence-corrected chi connectivity index (χ1v) is 11.0. The van der Waals surface area contributed by atoms with Crippen LogP contribution in [0.15, 0.2) is 36.7 Å². The van der Waals surface area contributed by atoms with Crippen molar-refractivity contribution in [3.8, 4) is 0 Å². The van der Waals surface area contributed by atoms with Crippen LogP contribution in [-0.2, 0) is 20.9 Å². The van der Waals surface area contributed by atoms with Crippen LogP contribution < -0.4 is 5.32 Å². The lowest BCUT2D eigenvalue weighted by Crippen LogP contribution is -2.34. The van der Waals surface area contributed by atoms with Gasteiger partial charge in [0.2, 0.25) is 11.8 Å². The summed E-state index contributed by atoms with van der Waals surface area (Å²) in [4.78, 5) is 27.7. The number of carbonyl (C=O) groups excluding carboxylic acids is 2. The average Bonchev–Trinajstić information content (AvgIpc) is 3.40. The molecule has 2 aliphatic rings. The molecule has 9 heteroatoms. The third-order valence-corrected chi connectivity index (χ3v) is 6.03. The maximum absolute atomic E-state index is 13.3. The summed E-state index contributed by atoms with van der Waals surface area (Å²) >= 11 is 0. The van der Waals surface area contributed by atoms with E-state index < -0.39 is 0 Å². The third-order valence-electron chi connectivity index (χ3n) is 6.03. The second-order valence-corrected chi connectivity index (χ2v) is 8.88. The van der Waals surface area contributed by atoms with Gasteiger partial charge in [0.15, 0.2) is 0 Å². The number of carbonyl (C=O) groups is 2. The van der Waals surface area contributed by atoms with Gasteiger partial charge in [-0.05, 0) is 37.0 Å². The molecule has 0 radical (unpaired) electrons. The summed E-state index contributed by atoms with van der Waals surface area (Å²) in [5.74, 6) is -0.131. The molecule has 1 aliphatic heterocycles. The standard InChI is InChI=1S/C23H30FN5O3/c1-27(2)22(30)15-32-14-21-9-20(13-28(21)11-16-3-7-18(24)8-4-16)29-12-19(10-25-29)26-23(31)17-5-6-17/h3-4,7-8,10,12,17,20-21H,5-6,9,11,13-15H2,1-2H3,(H,26,31)/t20-,21-/m0/s1. The Morgan fingerprint density at radius 2 is 2.00 bits per heavy atom. The zero-order valence-electron chi connectivity index (χ0n) is 18.5. The molecule has 1 aliphatic carbocycles. The minimum atomic E-state index is -0.257. The molecule has 1 saturated heterocycles. The van der Waals surface area contributed by atoms with Crippen molar-refractivity contribution in [2.75, 3.05) is 39.2 Å². The molecule has 1 N–H and O–H groups in total. The van der Waals surface area contributed by atoms with E-state index in [2.05, 4.69) is 15.3 Å². The van der Waals surface area contributed by atoms with E-state index in [1.165, 1.54) is 17.0 Å². The molecule has 2 atom stereocenters. The van der Waals surface area contributed by atoms with E-state index in [4.69, 9.17) is 4.74 Å². The molecule has 4 rings (SSSR count). The van der Waals surface area contributed by atoms with Gasteiger partial charge in [-0.2, -0.15) is 5.10 Å². The molecule has 0 unspecified atom stereocenters. The van der Waals surface area contributed by atoms with Gasteiger partial charge in [0.25, 0.3) is 0 Å². The van der Waals surface area contributed by atoms with Crippen LogP contribution in [0, 0.1) is 11.7 Å². The summed E-state index contributed by atoms with van der Waals surface area (Å²) in [5.41, 5.74) is 1.72. The van der Waals surface area contributed by atoms with Crippen LogP contribution >= 0.6 is 0 Å². The number of likely N-dealkylation sites (tertiary alicyclic amines) is 1. The zero-order chi connectivity index (χ0) is 22.7. The lowest BCUT2D eigenvalue weighted by atomic mass is 10.1. The highest BCUT2D eigenvalue weighted by Gasteiger charge is 2.34. The van der Waals surface area contributed by atoms with Gasteiger partial charge in [-0.1, -0.05) is 12.1 Å². The van der Waals surface area contributed by atoms with Gasteiger partial charge < -0.3 is 15.0 Å². The number of nitrogens with zero attached hydrogens (tertiary/aromatic N) is 4. The summed E-state index contributed by atoms with van der Waals surface area (Å²) in [7, 11) is 3.41. The van der Waals surface area contributed by atoms with E-state index >= 15 is 0 Å². The van der Waals surface area contributed by atoms with Crippen LogP contribution in [-0.4, -0.2) is 71.3 Å². The van der Waals surface area contributed by atoms with Crippen LogP contribution in [0.1, 0.15) is 30.9 Å². The molecule has 1 aromatic carbocycles. The van der Waals surface area contributed by atoms with Crippen molar-refractivity contribution in [3.63, 3.8) is 0 Å². The normalized spacial score (nSPS) is 21.0. The number of hydrogen-bond donors (Lipinski definition) is 1. The Kier molecular flexibility index (Phi) is 6.86. The fourth-order valence-electron chi connectivity index (χ4n) is 3.94. The molecule has 2 heterocycles. The Morgan fingerprint density at radius 1 is 1.25 bits per heavy atom. The van der Waals surface area contributed by atoms with Gasteiger partial charge in [0.1, 0.15) is 12.4 Å². The van der Waals surface area contributed by atoms with E-state index in [-0.39, 0.29) is 42.2 Å². The van der Waals surface area contributed by atoms with Crippen molar-refractivity contribution in [2.24, 2.45) is 5.92 Å². The third kappa shape index (κ3) is 5.72. The fourth-order valence-corrected chi connectivity index (χ4v) is 3.94. The Bertz CT molecular complexity index is 941. The number of nitrogens with one attached hydrogen (secondary N) is 1. The number of benzene rings is 1. The van der Waals surface area contributed by atoms with E-state index in [0.717, 1.165) is 31.4 Å². The first kappa shape index (κ1) is 22.4. The molecular formula is C23H30FN5O3. The Morgan fingerprint density at radius 3 is 2.69 bits per heavy atom. The Hall–Kier alpha value is -2.78. The summed E-state index contributed by atoms with van der Waals surface area (Å²) in [6.45, 7) is 1.85. The lowest BCUT2D eigenvalue weighted by molar-refractivity contribution is -0.134. The SMILES string of the molecule is CN(C)C(=O)COC[C@@H]1C[C@H](n2cc(NC(=O)C3CC3)cn2)CN1Cc1ccc(F)cc1. The second-order valence-electron chi connectivity index (χ2n) is 8.88. The van der Waals surface area contributed by atoms with Crippen molar-refractivity contribution < 1.29 is 18.7 Å². The number of anilines is 1. The lowest BCUT2D eigenvalue weighted by Gasteiger charge is -2.24.